The van der Waals surface area contributed by atoms with E-state index in [1.54, 1.807) is 18.2 Å². The van der Waals surface area contributed by atoms with Gasteiger partial charge < -0.3 is 15.8 Å². The summed E-state index contributed by atoms with van der Waals surface area (Å²) >= 11 is 0. The van der Waals surface area contributed by atoms with E-state index in [1.807, 2.05) is 0 Å². The van der Waals surface area contributed by atoms with Gasteiger partial charge in [0.05, 0.1) is 13.2 Å². The molecule has 19 heavy (non-hydrogen) atoms. The Labute approximate surface area is 118 Å². The third kappa shape index (κ3) is 5.02. The molecule has 1 amide bonds. The van der Waals surface area contributed by atoms with Crippen LogP contribution in [0, 0.1) is 0 Å². The molecule has 2 rings (SSSR count). The molecule has 2 heterocycles. The van der Waals surface area contributed by atoms with E-state index in [4.69, 9.17) is 10.5 Å². The molecule has 0 saturated carbocycles. The Morgan fingerprint density at radius 3 is 2.84 bits per heavy atom. The molecule has 6 nitrogen and oxygen atoms in total. The number of amides is 1. The van der Waals surface area contributed by atoms with Crippen LogP contribution in [0.3, 0.4) is 0 Å². The number of morpholine rings is 1. The van der Waals surface area contributed by atoms with Crippen LogP contribution in [0.5, 0.6) is 0 Å². The van der Waals surface area contributed by atoms with Gasteiger partial charge in [0.1, 0.15) is 11.5 Å². The molecule has 1 aliphatic rings. The number of rotatable bonds is 4. The van der Waals surface area contributed by atoms with Crippen LogP contribution in [-0.4, -0.2) is 55.2 Å². The van der Waals surface area contributed by atoms with E-state index in [2.05, 4.69) is 15.2 Å². The number of nitrogen functional groups attached to an aromatic ring is 1. The maximum Gasteiger partial charge on any atom is 0.270 e. The predicted molar refractivity (Wildman–Crippen MR) is 75.5 cm³/mol. The maximum atomic E-state index is 11.8. The monoisotopic (exact) mass is 286 g/mol. The van der Waals surface area contributed by atoms with E-state index in [9.17, 15) is 4.79 Å². The number of anilines is 1. The molecule has 1 aromatic heterocycles. The van der Waals surface area contributed by atoms with Crippen molar-refractivity contribution in [2.75, 3.05) is 45.1 Å². The third-order valence-electron chi connectivity index (χ3n) is 2.82. The van der Waals surface area contributed by atoms with Gasteiger partial charge in [-0.3, -0.25) is 9.69 Å². The van der Waals surface area contributed by atoms with E-state index in [0.717, 1.165) is 32.8 Å². The lowest BCUT2D eigenvalue weighted by Gasteiger charge is -2.26. The Hall–Kier alpha value is -1.37. The van der Waals surface area contributed by atoms with Crippen LogP contribution in [0.2, 0.25) is 0 Å². The minimum atomic E-state index is -0.185. The van der Waals surface area contributed by atoms with E-state index in [-0.39, 0.29) is 18.3 Å². The van der Waals surface area contributed by atoms with E-state index in [1.165, 1.54) is 0 Å². The van der Waals surface area contributed by atoms with Gasteiger partial charge >= 0.3 is 0 Å². The highest BCUT2D eigenvalue weighted by atomic mass is 35.5. The smallest absolute Gasteiger partial charge is 0.270 e. The van der Waals surface area contributed by atoms with Crippen LogP contribution in [-0.2, 0) is 4.74 Å². The number of nitrogens with zero attached hydrogens (tertiary/aromatic N) is 2. The summed E-state index contributed by atoms with van der Waals surface area (Å²) in [6, 6.07) is 5.03. The number of pyridine rings is 1. The topological polar surface area (TPSA) is 80.5 Å². The Morgan fingerprint density at radius 1 is 1.42 bits per heavy atom. The number of nitrogens with two attached hydrogens (primary N) is 1. The van der Waals surface area contributed by atoms with Gasteiger partial charge in [0.2, 0.25) is 0 Å². The number of hydrogen-bond donors (Lipinski definition) is 2. The Kier molecular flexibility index (Phi) is 6.55. The molecule has 0 unspecified atom stereocenters. The van der Waals surface area contributed by atoms with Crippen molar-refractivity contribution in [2.24, 2.45) is 0 Å². The zero-order chi connectivity index (χ0) is 12.8. The van der Waals surface area contributed by atoms with Gasteiger partial charge in [0.15, 0.2) is 0 Å². The molecule has 3 N–H and O–H groups in total. The van der Waals surface area contributed by atoms with Gasteiger partial charge in [0.25, 0.3) is 5.91 Å². The quantitative estimate of drug-likeness (QED) is 0.823. The Bertz CT molecular complexity index is 410. The zero-order valence-corrected chi connectivity index (χ0v) is 11.5. The SMILES string of the molecule is Cl.Nc1cccc(C(=O)NCCN2CCOCC2)n1. The van der Waals surface area contributed by atoms with Gasteiger partial charge in [-0.15, -0.1) is 12.4 Å². The summed E-state index contributed by atoms with van der Waals surface area (Å²) in [5.74, 6) is 0.173. The molecule has 0 radical (unpaired) electrons. The molecule has 0 atom stereocenters. The normalized spacial score (nSPS) is 15.6. The largest absolute Gasteiger partial charge is 0.384 e. The number of aromatic nitrogens is 1. The average Bonchev–Trinajstić information content (AvgIpc) is 2.40. The first-order valence-electron chi connectivity index (χ1n) is 6.06. The van der Waals surface area contributed by atoms with Crippen LogP contribution in [0.15, 0.2) is 18.2 Å². The fraction of sp³-hybridized carbons (Fsp3) is 0.500. The summed E-state index contributed by atoms with van der Waals surface area (Å²) in [7, 11) is 0. The van der Waals surface area contributed by atoms with Crippen LogP contribution in [0.1, 0.15) is 10.5 Å². The van der Waals surface area contributed by atoms with Crippen molar-refractivity contribution in [3.8, 4) is 0 Å². The number of halogens is 1. The van der Waals surface area contributed by atoms with Crippen molar-refractivity contribution in [3.05, 3.63) is 23.9 Å². The Morgan fingerprint density at radius 2 is 2.16 bits per heavy atom. The molecular weight excluding hydrogens is 268 g/mol. The second-order valence-corrected chi connectivity index (χ2v) is 4.16. The first-order valence-corrected chi connectivity index (χ1v) is 6.06. The summed E-state index contributed by atoms with van der Waals surface area (Å²) in [4.78, 5) is 18.0. The molecular formula is C12H19ClN4O2. The van der Waals surface area contributed by atoms with E-state index < -0.39 is 0 Å². The van der Waals surface area contributed by atoms with Gasteiger partial charge in [-0.1, -0.05) is 6.07 Å². The fourth-order valence-corrected chi connectivity index (χ4v) is 1.82. The summed E-state index contributed by atoms with van der Waals surface area (Å²) < 4.78 is 5.26. The van der Waals surface area contributed by atoms with Gasteiger partial charge in [-0.25, -0.2) is 4.98 Å². The summed E-state index contributed by atoms with van der Waals surface area (Å²) in [5.41, 5.74) is 5.89. The number of carbonyl (C=O) groups is 1. The van der Waals surface area contributed by atoms with Crippen molar-refractivity contribution in [1.82, 2.24) is 15.2 Å². The lowest BCUT2D eigenvalue weighted by atomic mass is 10.3. The molecule has 0 aromatic carbocycles. The third-order valence-corrected chi connectivity index (χ3v) is 2.82. The van der Waals surface area contributed by atoms with Crippen LogP contribution in [0.4, 0.5) is 5.82 Å². The number of ether oxygens (including phenoxy) is 1. The fourth-order valence-electron chi connectivity index (χ4n) is 1.82. The molecule has 1 aliphatic heterocycles. The maximum absolute atomic E-state index is 11.8. The minimum Gasteiger partial charge on any atom is -0.384 e. The molecule has 1 saturated heterocycles. The van der Waals surface area contributed by atoms with Crippen LogP contribution < -0.4 is 11.1 Å². The molecule has 7 heteroatoms. The first kappa shape index (κ1) is 15.7. The highest BCUT2D eigenvalue weighted by Crippen LogP contribution is 2.00. The van der Waals surface area contributed by atoms with Gasteiger partial charge in [-0.2, -0.15) is 0 Å². The number of nitrogens with one attached hydrogen (secondary N) is 1. The van der Waals surface area contributed by atoms with Crippen LogP contribution in [0.25, 0.3) is 0 Å². The van der Waals surface area contributed by atoms with Crippen molar-refractivity contribution in [3.63, 3.8) is 0 Å². The summed E-state index contributed by atoms with van der Waals surface area (Å²) in [6.07, 6.45) is 0. The zero-order valence-electron chi connectivity index (χ0n) is 10.7. The second-order valence-electron chi connectivity index (χ2n) is 4.16. The van der Waals surface area contributed by atoms with Crippen molar-refractivity contribution < 1.29 is 9.53 Å². The number of hydrogen-bond acceptors (Lipinski definition) is 5. The first-order chi connectivity index (χ1) is 8.75. The van der Waals surface area contributed by atoms with Gasteiger partial charge in [0, 0.05) is 26.2 Å². The summed E-state index contributed by atoms with van der Waals surface area (Å²) in [5, 5.41) is 2.83. The second kappa shape index (κ2) is 7.93. The van der Waals surface area contributed by atoms with Gasteiger partial charge in [-0.05, 0) is 12.1 Å². The average molecular weight is 287 g/mol. The van der Waals surface area contributed by atoms with Crippen LogP contribution >= 0.6 is 12.4 Å². The summed E-state index contributed by atoms with van der Waals surface area (Å²) in [6.45, 7) is 4.82. The highest BCUT2D eigenvalue weighted by molar-refractivity contribution is 5.92. The standard InChI is InChI=1S/C12H18N4O2.ClH/c13-11-3-1-2-10(15-11)12(17)14-4-5-16-6-8-18-9-7-16;/h1-3H,4-9H2,(H2,13,15)(H,14,17);1H. The van der Waals surface area contributed by atoms with E-state index in [0.29, 0.717) is 18.1 Å². The Balaban J connectivity index is 0.00000180. The molecule has 1 fully saturated rings. The van der Waals surface area contributed by atoms with Crippen molar-refractivity contribution in [2.45, 2.75) is 0 Å². The lowest BCUT2D eigenvalue weighted by Crippen LogP contribution is -2.41. The molecule has 1 aromatic rings. The highest BCUT2D eigenvalue weighted by Gasteiger charge is 2.11. The molecule has 0 aliphatic carbocycles. The molecule has 0 spiro atoms. The minimum absolute atomic E-state index is 0. The number of carbonyl (C=O) groups excluding carboxylic acids is 1. The van der Waals surface area contributed by atoms with Crippen molar-refractivity contribution >= 4 is 24.1 Å². The predicted octanol–water partition coefficient (Wildman–Crippen LogP) is 0.148. The van der Waals surface area contributed by atoms with Crippen molar-refractivity contribution in [1.29, 1.82) is 0 Å². The van der Waals surface area contributed by atoms with E-state index >= 15 is 0 Å². The molecule has 0 bridgehead atoms. The molecule has 106 valence electrons. The lowest BCUT2D eigenvalue weighted by molar-refractivity contribution is 0.0383.